The van der Waals surface area contributed by atoms with Gasteiger partial charge in [-0.05, 0) is 24.0 Å². The van der Waals surface area contributed by atoms with Crippen molar-refractivity contribution in [2.75, 3.05) is 13.2 Å². The Morgan fingerprint density at radius 3 is 2.62 bits per heavy atom. The monoisotopic (exact) mass is 238 g/mol. The molecule has 0 aromatic heterocycles. The summed E-state index contributed by atoms with van der Waals surface area (Å²) in [6, 6.07) is 3.80. The van der Waals surface area contributed by atoms with Crippen LogP contribution < -0.4 is 9.47 Å². The van der Waals surface area contributed by atoms with Gasteiger partial charge in [0.2, 0.25) is 0 Å². The quantitative estimate of drug-likeness (QED) is 0.751. The van der Waals surface area contributed by atoms with E-state index in [9.17, 15) is 0 Å². The first-order chi connectivity index (χ1) is 7.70. The summed E-state index contributed by atoms with van der Waals surface area (Å²) in [4.78, 5) is 0. The summed E-state index contributed by atoms with van der Waals surface area (Å²) in [5.74, 6) is 1.94. The molecule has 0 amide bonds. The van der Waals surface area contributed by atoms with E-state index >= 15 is 0 Å². The second-order valence-corrected chi connectivity index (χ2v) is 4.41. The van der Waals surface area contributed by atoms with Crippen molar-refractivity contribution in [3.8, 4) is 11.5 Å². The van der Waals surface area contributed by atoms with Gasteiger partial charge in [-0.3, -0.25) is 0 Å². The van der Waals surface area contributed by atoms with E-state index in [2.05, 4.69) is 13.5 Å². The summed E-state index contributed by atoms with van der Waals surface area (Å²) in [7, 11) is 0. The minimum atomic E-state index is 0.403. The maximum absolute atomic E-state index is 6.19. The second-order valence-electron chi connectivity index (χ2n) is 4.00. The minimum absolute atomic E-state index is 0.403. The molecule has 1 atom stereocenters. The van der Waals surface area contributed by atoms with E-state index in [1.807, 2.05) is 18.2 Å². The van der Waals surface area contributed by atoms with E-state index in [4.69, 9.17) is 21.1 Å². The van der Waals surface area contributed by atoms with Crippen LogP contribution in [0.1, 0.15) is 12.5 Å². The molecule has 2 rings (SSSR count). The van der Waals surface area contributed by atoms with Crippen molar-refractivity contribution in [3.05, 3.63) is 35.4 Å². The normalized spacial score (nSPS) is 15.6. The Balaban J connectivity index is 2.28. The number of rotatable bonds is 3. The molecule has 0 saturated carbocycles. The Morgan fingerprint density at radius 1 is 1.38 bits per heavy atom. The highest BCUT2D eigenvalue weighted by Crippen LogP contribution is 2.36. The highest BCUT2D eigenvalue weighted by atomic mass is 35.5. The lowest BCUT2D eigenvalue weighted by Gasteiger charge is -2.20. The predicted octanol–water partition coefficient (Wildman–Crippen LogP) is 3.48. The predicted molar refractivity (Wildman–Crippen MR) is 65.5 cm³/mol. The highest BCUT2D eigenvalue weighted by molar-refractivity contribution is 6.31. The summed E-state index contributed by atoms with van der Waals surface area (Å²) in [6.45, 7) is 7.08. The summed E-state index contributed by atoms with van der Waals surface area (Å²) >= 11 is 6.19. The third-order valence-corrected chi connectivity index (χ3v) is 3.01. The molecule has 1 aliphatic rings. The van der Waals surface area contributed by atoms with Crippen molar-refractivity contribution in [1.29, 1.82) is 0 Å². The first-order valence-corrected chi connectivity index (χ1v) is 5.79. The van der Waals surface area contributed by atoms with E-state index in [1.165, 1.54) is 0 Å². The maximum Gasteiger partial charge on any atom is 0.162 e. The molecule has 86 valence electrons. The van der Waals surface area contributed by atoms with Crippen molar-refractivity contribution in [3.63, 3.8) is 0 Å². The number of benzene rings is 1. The Kier molecular flexibility index (Phi) is 3.39. The van der Waals surface area contributed by atoms with Gasteiger partial charge in [-0.25, -0.2) is 0 Å². The molecule has 1 aromatic rings. The molecule has 1 unspecified atom stereocenters. The number of hydrogen-bond acceptors (Lipinski definition) is 2. The molecule has 2 nitrogen and oxygen atoms in total. The largest absolute Gasteiger partial charge is 0.486 e. The molecule has 16 heavy (non-hydrogen) atoms. The van der Waals surface area contributed by atoms with Crippen LogP contribution in [-0.4, -0.2) is 13.2 Å². The molecule has 1 heterocycles. The molecule has 0 bridgehead atoms. The molecule has 1 aliphatic heterocycles. The number of allylic oxidation sites excluding steroid dienone is 1. The van der Waals surface area contributed by atoms with Gasteiger partial charge in [0, 0.05) is 11.1 Å². The lowest BCUT2D eigenvalue weighted by Crippen LogP contribution is -2.15. The fraction of sp³-hybridized carbons (Fsp3) is 0.385. The van der Waals surface area contributed by atoms with Gasteiger partial charge in [0.1, 0.15) is 13.2 Å². The zero-order valence-electron chi connectivity index (χ0n) is 9.33. The van der Waals surface area contributed by atoms with Crippen LogP contribution in [0.3, 0.4) is 0 Å². The summed E-state index contributed by atoms with van der Waals surface area (Å²) in [5.41, 5.74) is 1.08. The molecular formula is C13H15ClO2. The van der Waals surface area contributed by atoms with Gasteiger partial charge in [-0.1, -0.05) is 24.6 Å². The Morgan fingerprint density at radius 2 is 2.00 bits per heavy atom. The molecule has 0 N–H and O–H groups in total. The van der Waals surface area contributed by atoms with Crippen LogP contribution >= 0.6 is 11.6 Å². The van der Waals surface area contributed by atoms with Gasteiger partial charge in [0.05, 0.1) is 0 Å². The molecule has 0 saturated heterocycles. The zero-order chi connectivity index (χ0) is 11.5. The van der Waals surface area contributed by atoms with Crippen LogP contribution in [0.5, 0.6) is 11.5 Å². The van der Waals surface area contributed by atoms with Crippen molar-refractivity contribution in [1.82, 2.24) is 0 Å². The summed E-state index contributed by atoms with van der Waals surface area (Å²) in [6.07, 6.45) is 2.80. The molecule has 0 aliphatic carbocycles. The average molecular weight is 239 g/mol. The van der Waals surface area contributed by atoms with Gasteiger partial charge in [0.15, 0.2) is 11.5 Å². The van der Waals surface area contributed by atoms with Gasteiger partial charge >= 0.3 is 0 Å². The third-order valence-electron chi connectivity index (χ3n) is 2.66. The number of fused-ring (bicyclic) bond motifs is 1. The number of halogens is 1. The zero-order valence-corrected chi connectivity index (χ0v) is 10.1. The van der Waals surface area contributed by atoms with E-state index in [0.717, 1.165) is 28.5 Å². The Hall–Kier alpha value is -1.15. The van der Waals surface area contributed by atoms with Crippen LogP contribution in [0.25, 0.3) is 0 Å². The average Bonchev–Trinajstić information content (AvgIpc) is 2.30. The van der Waals surface area contributed by atoms with Gasteiger partial charge in [0.25, 0.3) is 0 Å². The third kappa shape index (κ3) is 2.33. The molecule has 0 radical (unpaired) electrons. The van der Waals surface area contributed by atoms with E-state index in [-0.39, 0.29) is 0 Å². The van der Waals surface area contributed by atoms with E-state index < -0.39 is 0 Å². The van der Waals surface area contributed by atoms with Crippen LogP contribution in [0, 0.1) is 5.92 Å². The molecule has 0 spiro atoms. The fourth-order valence-electron chi connectivity index (χ4n) is 1.69. The lowest BCUT2D eigenvalue weighted by atomic mass is 10.0. The van der Waals surface area contributed by atoms with Crippen LogP contribution in [0.15, 0.2) is 24.8 Å². The topological polar surface area (TPSA) is 18.5 Å². The van der Waals surface area contributed by atoms with Gasteiger partial charge in [-0.15, -0.1) is 6.58 Å². The first kappa shape index (κ1) is 11.3. The van der Waals surface area contributed by atoms with E-state index in [0.29, 0.717) is 19.1 Å². The minimum Gasteiger partial charge on any atom is -0.486 e. The van der Waals surface area contributed by atoms with Crippen molar-refractivity contribution in [2.45, 2.75) is 13.3 Å². The van der Waals surface area contributed by atoms with Crippen LogP contribution in [-0.2, 0) is 6.42 Å². The smallest absolute Gasteiger partial charge is 0.162 e. The van der Waals surface area contributed by atoms with Crippen molar-refractivity contribution in [2.24, 2.45) is 5.92 Å². The number of hydrogen-bond donors (Lipinski definition) is 0. The standard InChI is InChI=1S/C13H15ClO2/c1-3-9(2)6-10-7-12-13(8-11(10)14)16-5-4-15-12/h3,7-9H,1,4-6H2,2H3. The summed E-state index contributed by atoms with van der Waals surface area (Å²) in [5, 5.41) is 0.734. The van der Waals surface area contributed by atoms with Crippen molar-refractivity contribution >= 4 is 11.6 Å². The SMILES string of the molecule is C=CC(C)Cc1cc2c(cc1Cl)OCCO2. The van der Waals surface area contributed by atoms with Crippen LogP contribution in [0.2, 0.25) is 5.02 Å². The number of ether oxygens (including phenoxy) is 2. The first-order valence-electron chi connectivity index (χ1n) is 5.41. The van der Waals surface area contributed by atoms with Gasteiger partial charge < -0.3 is 9.47 Å². The lowest BCUT2D eigenvalue weighted by molar-refractivity contribution is 0.171. The van der Waals surface area contributed by atoms with Crippen molar-refractivity contribution < 1.29 is 9.47 Å². The van der Waals surface area contributed by atoms with E-state index in [1.54, 1.807) is 0 Å². The molecule has 0 fully saturated rings. The van der Waals surface area contributed by atoms with Crippen LogP contribution in [0.4, 0.5) is 0 Å². The molecule has 1 aromatic carbocycles. The Labute approximate surface area is 101 Å². The van der Waals surface area contributed by atoms with Gasteiger partial charge in [-0.2, -0.15) is 0 Å². The summed E-state index contributed by atoms with van der Waals surface area (Å²) < 4.78 is 11.0. The second kappa shape index (κ2) is 4.79. The highest BCUT2D eigenvalue weighted by Gasteiger charge is 2.15. The fourth-order valence-corrected chi connectivity index (χ4v) is 1.92. The maximum atomic E-state index is 6.19. The molecule has 3 heteroatoms. The molecular weight excluding hydrogens is 224 g/mol. The Bertz CT molecular complexity index is 401.